The molecule has 0 aliphatic carbocycles. The molecule has 3 nitrogen and oxygen atoms in total. The molecule has 0 aromatic heterocycles. The molecule has 7 heavy (non-hydrogen) atoms. The Bertz CT molecular complexity index is 58.4. The molecule has 0 heterocycles. The van der Waals surface area contributed by atoms with Crippen molar-refractivity contribution in [2.75, 3.05) is 0 Å². The number of hydrogen-bond acceptors (Lipinski definition) is 3. The van der Waals surface area contributed by atoms with E-state index < -0.39 is 8.80 Å². The van der Waals surface area contributed by atoms with Crippen LogP contribution in [0.1, 0.15) is 0 Å². The van der Waals surface area contributed by atoms with Crippen LogP contribution in [0.3, 0.4) is 0 Å². The molecule has 0 bridgehead atoms. The van der Waals surface area contributed by atoms with Gasteiger partial charge in [0.05, 0.1) is 0 Å². The van der Waals surface area contributed by atoms with Crippen LogP contribution < -0.4 is 0 Å². The van der Waals surface area contributed by atoms with Crippen LogP contribution in [0.15, 0.2) is 12.3 Å². The molecule has 0 aromatic carbocycles. The first-order chi connectivity index (χ1) is 2.56. The van der Waals surface area contributed by atoms with Crippen LogP contribution >= 0.6 is 0 Å². The van der Waals surface area contributed by atoms with Gasteiger partial charge in [0.2, 0.25) is 0 Å². The summed E-state index contributed by atoms with van der Waals surface area (Å²) in [6.45, 7) is 2.94. The van der Waals surface area contributed by atoms with Gasteiger partial charge in [-0.3, -0.25) is 0 Å². The zero-order valence-corrected chi connectivity index (χ0v) is 8.25. The van der Waals surface area contributed by atoms with E-state index in [9.17, 15) is 0 Å². The van der Waals surface area contributed by atoms with Crippen molar-refractivity contribution in [2.24, 2.45) is 0 Å². The third-order valence-corrected chi connectivity index (χ3v) is 0.822. The second-order valence-corrected chi connectivity index (χ2v) is 2.67. The Kier molecular flexibility index (Phi) is 7.04. The van der Waals surface area contributed by atoms with Gasteiger partial charge in [0.25, 0.3) is 0 Å². The average molecular weight is 145 g/mol. The molecule has 0 aliphatic rings. The Morgan fingerprint density at radius 2 is 1.43 bits per heavy atom. The zero-order chi connectivity index (χ0) is 5.21. The van der Waals surface area contributed by atoms with Crippen molar-refractivity contribution < 1.29 is 14.4 Å². The fourth-order valence-corrected chi connectivity index (χ4v) is 0. The van der Waals surface area contributed by atoms with Crippen molar-refractivity contribution in [1.29, 1.82) is 0 Å². The first-order valence-corrected chi connectivity index (χ1v) is 3.29. The van der Waals surface area contributed by atoms with Crippen molar-refractivity contribution in [3.8, 4) is 0 Å². The van der Waals surface area contributed by atoms with Crippen molar-refractivity contribution >= 4 is 60.2 Å². The van der Waals surface area contributed by atoms with Gasteiger partial charge in [-0.05, 0) is 5.70 Å². The van der Waals surface area contributed by atoms with Crippen LogP contribution in [0.5, 0.6) is 0 Å². The summed E-state index contributed by atoms with van der Waals surface area (Å²) < 4.78 is 0. The van der Waals surface area contributed by atoms with E-state index in [2.05, 4.69) is 6.58 Å². The first-order valence-electron chi connectivity index (χ1n) is 1.37. The predicted molar refractivity (Wildman–Crippen MR) is 28.4 cm³/mol. The fraction of sp³-hybridized carbons (Fsp3) is 0. The molecule has 0 unspecified atom stereocenters. The summed E-state index contributed by atoms with van der Waals surface area (Å²) in [5.41, 5.74) is 0.743. The minimum atomic E-state index is -3.87. The Morgan fingerprint density at radius 3 is 1.43 bits per heavy atom. The maximum absolute atomic E-state index is 7.96. The van der Waals surface area contributed by atoms with Crippen LogP contribution in [-0.2, 0) is 0 Å². The Labute approximate surface area is 85.5 Å². The van der Waals surface area contributed by atoms with Gasteiger partial charge in [-0.25, -0.2) is 0 Å². The van der Waals surface area contributed by atoms with E-state index >= 15 is 0 Å². The average Bonchev–Trinajstić information content (AvgIpc) is 1.35. The molecule has 0 amide bonds. The molecule has 3 N–H and O–H groups in total. The van der Waals surface area contributed by atoms with Gasteiger partial charge in [-0.15, -0.1) is 0 Å². The third kappa shape index (κ3) is 11.2. The van der Waals surface area contributed by atoms with Crippen LogP contribution in [0, 0.1) is 0 Å². The molecular formula is C2H6KO3Si. The topological polar surface area (TPSA) is 60.7 Å². The summed E-state index contributed by atoms with van der Waals surface area (Å²) in [5, 5.41) is 0. The molecular weight excluding hydrogens is 139 g/mol. The Balaban J connectivity index is 0. The summed E-state index contributed by atoms with van der Waals surface area (Å²) >= 11 is 0. The van der Waals surface area contributed by atoms with Gasteiger partial charge in [-0.1, -0.05) is 6.58 Å². The van der Waals surface area contributed by atoms with Crippen molar-refractivity contribution in [1.82, 2.24) is 0 Å². The molecule has 0 rings (SSSR count). The van der Waals surface area contributed by atoms with E-state index in [0.29, 0.717) is 0 Å². The second-order valence-electron chi connectivity index (χ2n) is 0.891. The largest absolute Gasteiger partial charge is 0.520 e. The van der Waals surface area contributed by atoms with E-state index in [4.69, 9.17) is 14.4 Å². The second kappa shape index (κ2) is 4.36. The van der Waals surface area contributed by atoms with Gasteiger partial charge < -0.3 is 14.4 Å². The van der Waals surface area contributed by atoms with Crippen molar-refractivity contribution in [2.45, 2.75) is 0 Å². The SMILES string of the molecule is C=C[Si](O)(O)O.[K]. The van der Waals surface area contributed by atoms with Gasteiger partial charge in [0.15, 0.2) is 0 Å². The summed E-state index contributed by atoms with van der Waals surface area (Å²) in [5.74, 6) is 0. The normalized spacial score (nSPS) is 9.57. The van der Waals surface area contributed by atoms with E-state index in [1.165, 1.54) is 0 Å². The van der Waals surface area contributed by atoms with Gasteiger partial charge in [0, 0.05) is 51.4 Å². The summed E-state index contributed by atoms with van der Waals surface area (Å²) in [7, 11) is -3.87. The van der Waals surface area contributed by atoms with Crippen LogP contribution in [0.4, 0.5) is 0 Å². The zero-order valence-electron chi connectivity index (χ0n) is 4.13. The Hall–Kier alpha value is 1.47. The molecule has 0 fully saturated rings. The van der Waals surface area contributed by atoms with E-state index in [1.807, 2.05) is 0 Å². The summed E-state index contributed by atoms with van der Waals surface area (Å²) in [6.07, 6.45) is 0. The molecule has 0 aromatic rings. The molecule has 1 radical (unpaired) electrons. The first kappa shape index (κ1) is 11.3. The molecule has 0 saturated heterocycles. The monoisotopic (exact) mass is 145 g/mol. The predicted octanol–water partition coefficient (Wildman–Crippen LogP) is -1.75. The standard InChI is InChI=1S/C2H6O3Si.K/c1-2-6(3,4)5;/h2-5H,1H2;. The van der Waals surface area contributed by atoms with Gasteiger partial charge in [-0.2, -0.15) is 0 Å². The Morgan fingerprint density at radius 1 is 1.29 bits per heavy atom. The number of hydrogen-bond donors (Lipinski definition) is 3. The summed E-state index contributed by atoms with van der Waals surface area (Å²) in [6, 6.07) is 0. The summed E-state index contributed by atoms with van der Waals surface area (Å²) in [4.78, 5) is 23.9. The minimum absolute atomic E-state index is 0. The number of rotatable bonds is 1. The molecule has 0 aliphatic heterocycles. The van der Waals surface area contributed by atoms with Crippen molar-refractivity contribution in [3.05, 3.63) is 12.3 Å². The molecule has 0 spiro atoms. The molecule has 5 heteroatoms. The minimum Gasteiger partial charge on any atom is -0.387 e. The van der Waals surface area contributed by atoms with Crippen LogP contribution in [0.2, 0.25) is 0 Å². The third-order valence-electron chi connectivity index (χ3n) is 0.274. The van der Waals surface area contributed by atoms with Crippen molar-refractivity contribution in [3.63, 3.8) is 0 Å². The van der Waals surface area contributed by atoms with Gasteiger partial charge in [0.1, 0.15) is 0 Å². The van der Waals surface area contributed by atoms with Gasteiger partial charge >= 0.3 is 8.80 Å². The quantitative estimate of drug-likeness (QED) is 0.383. The molecule has 0 atom stereocenters. The molecule has 0 saturated carbocycles. The maximum Gasteiger partial charge on any atom is 0.520 e. The fourth-order valence-electron chi connectivity index (χ4n) is 0. The molecule has 37 valence electrons. The van der Waals surface area contributed by atoms with E-state index in [-0.39, 0.29) is 51.4 Å². The van der Waals surface area contributed by atoms with E-state index in [0.717, 1.165) is 5.70 Å². The van der Waals surface area contributed by atoms with Crippen LogP contribution in [0.25, 0.3) is 0 Å². The van der Waals surface area contributed by atoms with Crippen LogP contribution in [-0.4, -0.2) is 74.6 Å². The van der Waals surface area contributed by atoms with E-state index in [1.54, 1.807) is 0 Å². The maximum atomic E-state index is 7.96. The smallest absolute Gasteiger partial charge is 0.387 e.